The number of fused-ring (bicyclic) bond motifs is 1. The summed E-state index contributed by atoms with van der Waals surface area (Å²) in [5, 5.41) is 21.4. The summed E-state index contributed by atoms with van der Waals surface area (Å²) in [6.07, 6.45) is 4.14. The molecule has 6 heteroatoms. The molecule has 6 nitrogen and oxygen atoms in total. The number of rotatable bonds is 5. The van der Waals surface area contributed by atoms with Crippen molar-refractivity contribution >= 4 is 11.9 Å². The molecule has 1 aromatic rings. The van der Waals surface area contributed by atoms with Crippen LogP contribution < -0.4 is 0 Å². The summed E-state index contributed by atoms with van der Waals surface area (Å²) in [6.45, 7) is 11.4. The molecule has 0 aromatic heterocycles. The third-order valence-corrected chi connectivity index (χ3v) is 7.64. The van der Waals surface area contributed by atoms with Gasteiger partial charge in [0.05, 0.1) is 11.2 Å². The molecule has 1 aromatic carbocycles. The van der Waals surface area contributed by atoms with Gasteiger partial charge >= 0.3 is 11.9 Å². The van der Waals surface area contributed by atoms with Gasteiger partial charge in [-0.1, -0.05) is 32.4 Å². The second kappa shape index (κ2) is 9.34. The van der Waals surface area contributed by atoms with Crippen LogP contribution in [0.3, 0.4) is 0 Å². The first-order chi connectivity index (χ1) is 15.4. The molecular formula is C27H36O6. The maximum absolute atomic E-state index is 13.0. The van der Waals surface area contributed by atoms with Crippen LogP contribution in [0.25, 0.3) is 0 Å². The van der Waals surface area contributed by atoms with E-state index in [0.717, 1.165) is 5.57 Å². The van der Waals surface area contributed by atoms with Gasteiger partial charge in [0.2, 0.25) is 0 Å². The number of allylic oxidation sites excluding steroid dienone is 1. The monoisotopic (exact) mass is 456 g/mol. The number of aromatic hydroxyl groups is 1. The summed E-state index contributed by atoms with van der Waals surface area (Å²) in [6, 6.07) is 5.92. The van der Waals surface area contributed by atoms with Crippen molar-refractivity contribution in [1.29, 1.82) is 0 Å². The Morgan fingerprint density at radius 2 is 1.79 bits per heavy atom. The van der Waals surface area contributed by atoms with Crippen molar-refractivity contribution in [3.8, 4) is 5.75 Å². The lowest BCUT2D eigenvalue weighted by molar-refractivity contribution is -0.159. The number of esters is 2. The highest BCUT2D eigenvalue weighted by Gasteiger charge is 2.63. The Hall–Kier alpha value is -2.60. The van der Waals surface area contributed by atoms with Crippen LogP contribution in [0.1, 0.15) is 71.2 Å². The molecule has 2 N–H and O–H groups in total. The van der Waals surface area contributed by atoms with Crippen LogP contribution in [0, 0.1) is 17.3 Å². The second-order valence-electron chi connectivity index (χ2n) is 10.1. The lowest BCUT2D eigenvalue weighted by Crippen LogP contribution is -2.53. The molecule has 0 saturated heterocycles. The van der Waals surface area contributed by atoms with E-state index in [2.05, 4.69) is 0 Å². The van der Waals surface area contributed by atoms with Gasteiger partial charge in [0.15, 0.2) is 0 Å². The van der Waals surface area contributed by atoms with E-state index in [4.69, 9.17) is 9.47 Å². The summed E-state index contributed by atoms with van der Waals surface area (Å²) in [5.41, 5.74) is 0.112. The number of phenolic OH excluding ortho intramolecular Hbond substituents is 1. The molecule has 5 atom stereocenters. The molecule has 180 valence electrons. The van der Waals surface area contributed by atoms with Crippen LogP contribution in [0.5, 0.6) is 5.75 Å². The normalized spacial score (nSPS) is 32.1. The molecule has 1 fully saturated rings. The smallest absolute Gasteiger partial charge is 0.338 e. The fourth-order valence-corrected chi connectivity index (χ4v) is 5.42. The molecule has 2 aliphatic carbocycles. The van der Waals surface area contributed by atoms with Gasteiger partial charge in [0.25, 0.3) is 0 Å². The number of aliphatic hydroxyl groups is 1. The molecule has 3 rings (SSSR count). The van der Waals surface area contributed by atoms with Gasteiger partial charge in [-0.2, -0.15) is 0 Å². The molecule has 0 heterocycles. The molecule has 2 aliphatic rings. The zero-order valence-corrected chi connectivity index (χ0v) is 20.4. The number of hydrogen-bond acceptors (Lipinski definition) is 6. The van der Waals surface area contributed by atoms with Crippen molar-refractivity contribution in [1.82, 2.24) is 0 Å². The Kier molecular flexibility index (Phi) is 7.08. The number of carbonyl (C=O) groups is 2. The van der Waals surface area contributed by atoms with E-state index >= 15 is 0 Å². The molecule has 1 saturated carbocycles. The Labute approximate surface area is 196 Å². The maximum atomic E-state index is 13.0. The quantitative estimate of drug-likeness (QED) is 0.370. The van der Waals surface area contributed by atoms with Crippen LogP contribution in [-0.2, 0) is 14.3 Å². The molecule has 0 bridgehead atoms. The van der Waals surface area contributed by atoms with Gasteiger partial charge in [-0.15, -0.1) is 0 Å². The van der Waals surface area contributed by atoms with Gasteiger partial charge in [-0.25, -0.2) is 9.59 Å². The highest BCUT2D eigenvalue weighted by Crippen LogP contribution is 2.58. The summed E-state index contributed by atoms with van der Waals surface area (Å²) >= 11 is 0. The molecule has 0 radical (unpaired) electrons. The topological polar surface area (TPSA) is 93.1 Å². The van der Waals surface area contributed by atoms with Crippen LogP contribution in [-0.4, -0.2) is 40.0 Å². The predicted octanol–water partition coefficient (Wildman–Crippen LogP) is 4.95. The van der Waals surface area contributed by atoms with E-state index in [1.54, 1.807) is 19.9 Å². The predicted molar refractivity (Wildman–Crippen MR) is 126 cm³/mol. The number of phenols is 1. The van der Waals surface area contributed by atoms with Crippen LogP contribution in [0.15, 0.2) is 47.6 Å². The van der Waals surface area contributed by atoms with Crippen molar-refractivity contribution in [2.75, 3.05) is 0 Å². The van der Waals surface area contributed by atoms with Crippen molar-refractivity contribution in [3.63, 3.8) is 0 Å². The van der Waals surface area contributed by atoms with E-state index in [-0.39, 0.29) is 17.6 Å². The Bertz CT molecular complexity index is 959. The first kappa shape index (κ1) is 25.0. The van der Waals surface area contributed by atoms with Crippen molar-refractivity contribution in [3.05, 3.63) is 53.1 Å². The van der Waals surface area contributed by atoms with Gasteiger partial charge in [0, 0.05) is 23.3 Å². The highest BCUT2D eigenvalue weighted by atomic mass is 16.6. The first-order valence-corrected chi connectivity index (χ1v) is 11.7. The SMILES string of the molecule is CC=C(C)C(=O)O[C@@H]1C=C(C)C[C@H](OC(=O)c2ccc(O)cc2)[C@H]2[C@]1(C)CC[C@@]2(O)C(C)C. The number of carbonyl (C=O) groups excluding carboxylic acids is 2. The standard InChI is InChI=1S/C27H36O6/c1-7-18(5)24(29)33-22-15-17(4)14-21(32-25(30)19-8-10-20(28)11-9-19)23-26(22,6)12-13-27(23,31)16(2)3/h7-11,15-16,21-23,28,31H,12-14H2,1-6H3/t21-,22+,23-,26+,27+/m0/s1. The number of ether oxygens (including phenoxy) is 2. The average molecular weight is 457 g/mol. The average Bonchev–Trinajstić information content (AvgIpc) is 3.00. The first-order valence-electron chi connectivity index (χ1n) is 11.7. The van der Waals surface area contributed by atoms with E-state index in [1.165, 1.54) is 24.3 Å². The molecule has 0 aliphatic heterocycles. The zero-order chi connectivity index (χ0) is 24.6. The van der Waals surface area contributed by atoms with Crippen molar-refractivity contribution < 1.29 is 29.3 Å². The lowest BCUT2D eigenvalue weighted by atomic mass is 9.66. The van der Waals surface area contributed by atoms with Crippen LogP contribution in [0.4, 0.5) is 0 Å². The van der Waals surface area contributed by atoms with E-state index in [1.807, 2.05) is 33.8 Å². The Balaban J connectivity index is 2.01. The fourth-order valence-electron chi connectivity index (χ4n) is 5.42. The van der Waals surface area contributed by atoms with Gasteiger partial charge in [0.1, 0.15) is 18.0 Å². The summed E-state index contributed by atoms with van der Waals surface area (Å²) < 4.78 is 12.0. The third-order valence-electron chi connectivity index (χ3n) is 7.64. The highest BCUT2D eigenvalue weighted by molar-refractivity contribution is 5.89. The number of benzene rings is 1. The summed E-state index contributed by atoms with van der Waals surface area (Å²) in [7, 11) is 0. The molecule has 0 unspecified atom stereocenters. The second-order valence-corrected chi connectivity index (χ2v) is 10.1. The molecule has 0 spiro atoms. The molecule has 0 amide bonds. The summed E-state index contributed by atoms with van der Waals surface area (Å²) in [4.78, 5) is 25.7. The third kappa shape index (κ3) is 4.72. The Morgan fingerprint density at radius 3 is 2.36 bits per heavy atom. The maximum Gasteiger partial charge on any atom is 0.338 e. The van der Waals surface area contributed by atoms with Crippen molar-refractivity contribution in [2.45, 2.75) is 78.6 Å². The van der Waals surface area contributed by atoms with Gasteiger partial charge in [-0.05, 0) is 69.9 Å². The van der Waals surface area contributed by atoms with E-state index in [9.17, 15) is 19.8 Å². The zero-order valence-electron chi connectivity index (χ0n) is 20.4. The van der Waals surface area contributed by atoms with Gasteiger partial charge in [-0.3, -0.25) is 0 Å². The van der Waals surface area contributed by atoms with Crippen molar-refractivity contribution in [2.24, 2.45) is 17.3 Å². The fraction of sp³-hybridized carbons (Fsp3) is 0.556. The van der Waals surface area contributed by atoms with Crippen LogP contribution in [0.2, 0.25) is 0 Å². The minimum absolute atomic E-state index is 0.0680. The Morgan fingerprint density at radius 1 is 1.15 bits per heavy atom. The molecular weight excluding hydrogens is 420 g/mol. The van der Waals surface area contributed by atoms with E-state index < -0.39 is 35.1 Å². The van der Waals surface area contributed by atoms with Crippen LogP contribution >= 0.6 is 0 Å². The van der Waals surface area contributed by atoms with Gasteiger partial charge < -0.3 is 19.7 Å². The minimum Gasteiger partial charge on any atom is -0.508 e. The number of hydrogen-bond donors (Lipinski definition) is 2. The summed E-state index contributed by atoms with van der Waals surface area (Å²) in [5.74, 6) is -1.33. The largest absolute Gasteiger partial charge is 0.508 e. The van der Waals surface area contributed by atoms with E-state index in [0.29, 0.717) is 30.4 Å². The minimum atomic E-state index is -1.08. The lowest BCUT2D eigenvalue weighted by Gasteiger charge is -2.45. The molecule has 33 heavy (non-hydrogen) atoms.